The van der Waals surface area contributed by atoms with Crippen LogP contribution in [0.3, 0.4) is 0 Å². The second-order valence-electron chi connectivity index (χ2n) is 5.81. The third-order valence-electron chi connectivity index (χ3n) is 3.84. The molecule has 0 amide bonds. The molecule has 1 aromatic rings. The monoisotopic (exact) mass is 266 g/mol. The maximum absolute atomic E-state index is 13.4. The summed E-state index contributed by atoms with van der Waals surface area (Å²) in [6.45, 7) is 5.92. The van der Waals surface area contributed by atoms with Gasteiger partial charge in [-0.15, -0.1) is 0 Å². The first-order valence-corrected chi connectivity index (χ1v) is 6.38. The molecule has 4 nitrogen and oxygen atoms in total. The number of nitrogen functional groups attached to an aromatic ring is 1. The van der Waals surface area contributed by atoms with Crippen LogP contribution in [-0.2, 0) is 0 Å². The summed E-state index contributed by atoms with van der Waals surface area (Å²) in [6.07, 6.45) is 1.95. The number of nitrogens with zero attached hydrogens (tertiary/aromatic N) is 1. The number of anilines is 2. The molecule has 0 spiro atoms. The lowest BCUT2D eigenvalue weighted by Gasteiger charge is -2.38. The topological polar surface area (TPSA) is 66.6 Å². The predicted molar refractivity (Wildman–Crippen MR) is 73.0 cm³/mol. The molecule has 0 aromatic heterocycles. The van der Waals surface area contributed by atoms with E-state index in [1.807, 2.05) is 4.90 Å². The number of carbonyl (C=O) groups is 1. The van der Waals surface area contributed by atoms with Crippen molar-refractivity contribution in [1.82, 2.24) is 0 Å². The second kappa shape index (κ2) is 4.72. The molecule has 0 atom stereocenters. The van der Waals surface area contributed by atoms with Crippen LogP contribution in [0.25, 0.3) is 0 Å². The van der Waals surface area contributed by atoms with Gasteiger partial charge in [0.25, 0.3) is 0 Å². The zero-order valence-electron chi connectivity index (χ0n) is 11.2. The lowest BCUT2D eigenvalue weighted by molar-refractivity contribution is 0.0698. The minimum absolute atomic E-state index is 0.125. The number of aromatic carboxylic acids is 1. The zero-order valence-corrected chi connectivity index (χ0v) is 11.2. The van der Waals surface area contributed by atoms with E-state index < -0.39 is 11.8 Å². The highest BCUT2D eigenvalue weighted by atomic mass is 19.1. The Kier molecular flexibility index (Phi) is 3.39. The largest absolute Gasteiger partial charge is 0.478 e. The van der Waals surface area contributed by atoms with Gasteiger partial charge in [0.15, 0.2) is 0 Å². The minimum atomic E-state index is -1.18. The van der Waals surface area contributed by atoms with Gasteiger partial charge in [0.2, 0.25) is 0 Å². The van der Waals surface area contributed by atoms with Crippen molar-refractivity contribution in [2.24, 2.45) is 5.41 Å². The maximum Gasteiger partial charge on any atom is 0.340 e. The van der Waals surface area contributed by atoms with E-state index in [2.05, 4.69) is 13.8 Å². The average molecular weight is 266 g/mol. The van der Waals surface area contributed by atoms with E-state index in [4.69, 9.17) is 5.73 Å². The molecule has 1 saturated heterocycles. The van der Waals surface area contributed by atoms with E-state index in [1.54, 1.807) is 0 Å². The van der Waals surface area contributed by atoms with Gasteiger partial charge in [-0.2, -0.15) is 0 Å². The van der Waals surface area contributed by atoms with E-state index in [0.717, 1.165) is 25.9 Å². The van der Waals surface area contributed by atoms with Crippen LogP contribution in [0, 0.1) is 11.2 Å². The van der Waals surface area contributed by atoms with Gasteiger partial charge in [0.1, 0.15) is 11.4 Å². The average Bonchev–Trinajstić information content (AvgIpc) is 2.32. The molecular formula is C14H19FN2O2. The fourth-order valence-corrected chi connectivity index (χ4v) is 2.42. The lowest BCUT2D eigenvalue weighted by atomic mass is 9.82. The predicted octanol–water partition coefficient (Wildman–Crippen LogP) is 2.73. The van der Waals surface area contributed by atoms with Crippen LogP contribution in [-0.4, -0.2) is 24.2 Å². The highest BCUT2D eigenvalue weighted by Crippen LogP contribution is 2.35. The van der Waals surface area contributed by atoms with E-state index in [-0.39, 0.29) is 16.7 Å². The number of carboxylic acid groups (broad SMARTS) is 1. The van der Waals surface area contributed by atoms with Gasteiger partial charge in [-0.05, 0) is 30.4 Å². The van der Waals surface area contributed by atoms with Crippen LogP contribution in [0.1, 0.15) is 37.0 Å². The van der Waals surface area contributed by atoms with Crippen LogP contribution in [0.2, 0.25) is 0 Å². The van der Waals surface area contributed by atoms with Crippen LogP contribution in [0.5, 0.6) is 0 Å². The van der Waals surface area contributed by atoms with Crippen LogP contribution < -0.4 is 10.6 Å². The molecule has 1 aromatic carbocycles. The number of piperidine rings is 1. The van der Waals surface area contributed by atoms with Crippen molar-refractivity contribution < 1.29 is 14.3 Å². The molecular weight excluding hydrogens is 247 g/mol. The van der Waals surface area contributed by atoms with Crippen molar-refractivity contribution in [2.75, 3.05) is 23.7 Å². The summed E-state index contributed by atoms with van der Waals surface area (Å²) >= 11 is 0. The Hall–Kier alpha value is -1.78. The van der Waals surface area contributed by atoms with Crippen molar-refractivity contribution in [3.8, 4) is 0 Å². The van der Waals surface area contributed by atoms with Gasteiger partial charge in [0.05, 0.1) is 11.4 Å². The van der Waals surface area contributed by atoms with Crippen LogP contribution in [0.15, 0.2) is 12.1 Å². The molecule has 1 heterocycles. The molecule has 0 unspecified atom stereocenters. The number of halogens is 1. The Labute approximate surface area is 112 Å². The number of carboxylic acids is 1. The Balaban J connectivity index is 2.36. The highest BCUT2D eigenvalue weighted by Gasteiger charge is 2.28. The minimum Gasteiger partial charge on any atom is -0.478 e. The summed E-state index contributed by atoms with van der Waals surface area (Å²) in [4.78, 5) is 13.3. The van der Waals surface area contributed by atoms with Gasteiger partial charge < -0.3 is 15.7 Å². The molecule has 1 aliphatic rings. The van der Waals surface area contributed by atoms with Crippen molar-refractivity contribution in [3.63, 3.8) is 0 Å². The molecule has 0 saturated carbocycles. The Morgan fingerprint density at radius 2 is 1.95 bits per heavy atom. The lowest BCUT2D eigenvalue weighted by Crippen LogP contribution is -2.38. The van der Waals surface area contributed by atoms with Gasteiger partial charge in [0, 0.05) is 13.1 Å². The highest BCUT2D eigenvalue weighted by molar-refractivity contribution is 6.00. The Morgan fingerprint density at radius 1 is 1.37 bits per heavy atom. The summed E-state index contributed by atoms with van der Waals surface area (Å²) in [5.41, 5.74) is 5.94. The van der Waals surface area contributed by atoms with Crippen molar-refractivity contribution in [2.45, 2.75) is 26.7 Å². The standard InChI is InChI=1S/C14H19FN2O2/c1-14(2)5-7-17(8-6-14)10-4-3-9(15)12(16)11(10)13(18)19/h3-4H,5-8,16H2,1-2H3,(H,18,19). The third-order valence-corrected chi connectivity index (χ3v) is 3.84. The van der Waals surface area contributed by atoms with Crippen LogP contribution >= 0.6 is 0 Å². The molecule has 0 radical (unpaired) electrons. The number of benzene rings is 1. The molecule has 1 aliphatic heterocycles. The number of hydrogen-bond acceptors (Lipinski definition) is 3. The molecule has 104 valence electrons. The van der Waals surface area contributed by atoms with Crippen molar-refractivity contribution in [1.29, 1.82) is 0 Å². The fraction of sp³-hybridized carbons (Fsp3) is 0.500. The van der Waals surface area contributed by atoms with Crippen LogP contribution in [0.4, 0.5) is 15.8 Å². The zero-order chi connectivity index (χ0) is 14.2. The maximum atomic E-state index is 13.4. The smallest absolute Gasteiger partial charge is 0.340 e. The fourth-order valence-electron chi connectivity index (χ4n) is 2.42. The van der Waals surface area contributed by atoms with E-state index >= 15 is 0 Å². The van der Waals surface area contributed by atoms with Gasteiger partial charge in [-0.3, -0.25) is 0 Å². The van der Waals surface area contributed by atoms with Gasteiger partial charge in [-0.25, -0.2) is 9.18 Å². The first kappa shape index (κ1) is 13.6. The molecule has 0 bridgehead atoms. The quantitative estimate of drug-likeness (QED) is 0.808. The Bertz CT molecular complexity index is 504. The molecule has 0 aliphatic carbocycles. The first-order valence-electron chi connectivity index (χ1n) is 6.38. The normalized spacial score (nSPS) is 18.4. The second-order valence-corrected chi connectivity index (χ2v) is 5.81. The summed E-state index contributed by atoms with van der Waals surface area (Å²) in [5, 5.41) is 9.23. The van der Waals surface area contributed by atoms with Crippen molar-refractivity contribution >= 4 is 17.3 Å². The Morgan fingerprint density at radius 3 is 2.47 bits per heavy atom. The molecule has 19 heavy (non-hydrogen) atoms. The first-order chi connectivity index (χ1) is 8.82. The summed E-state index contributed by atoms with van der Waals surface area (Å²) < 4.78 is 13.4. The summed E-state index contributed by atoms with van der Waals surface area (Å²) in [6, 6.07) is 2.74. The van der Waals surface area contributed by atoms with E-state index in [9.17, 15) is 14.3 Å². The summed E-state index contributed by atoms with van der Waals surface area (Å²) in [5.74, 6) is -1.87. The van der Waals surface area contributed by atoms with E-state index in [1.165, 1.54) is 12.1 Å². The van der Waals surface area contributed by atoms with Gasteiger partial charge in [-0.1, -0.05) is 13.8 Å². The van der Waals surface area contributed by atoms with Crippen molar-refractivity contribution in [3.05, 3.63) is 23.5 Å². The summed E-state index contributed by atoms with van der Waals surface area (Å²) in [7, 11) is 0. The van der Waals surface area contributed by atoms with E-state index in [0.29, 0.717) is 5.69 Å². The third kappa shape index (κ3) is 2.64. The molecule has 1 fully saturated rings. The SMILES string of the molecule is CC1(C)CCN(c2ccc(F)c(N)c2C(=O)O)CC1. The van der Waals surface area contributed by atoms with Gasteiger partial charge >= 0.3 is 5.97 Å². The number of rotatable bonds is 2. The number of nitrogens with two attached hydrogens (primary N) is 1. The molecule has 2 rings (SSSR count). The number of hydrogen-bond donors (Lipinski definition) is 2. The molecule has 3 N–H and O–H groups in total. The molecule has 5 heteroatoms.